The molecule has 0 amide bonds. The molecule has 0 aromatic carbocycles. The molecule has 0 saturated heterocycles. The van der Waals surface area contributed by atoms with E-state index in [1.54, 1.807) is 0 Å². The SMILES string of the molecule is [Fe].[H-].[Mn].[Na+].[Ni+2].[O-2]. The van der Waals surface area contributed by atoms with Gasteiger partial charge >= 0.3 is 46.0 Å². The van der Waals surface area contributed by atoms with E-state index >= 15 is 0 Å². The van der Waals surface area contributed by atoms with Crippen molar-refractivity contribution in [1.82, 2.24) is 0 Å². The summed E-state index contributed by atoms with van der Waals surface area (Å²) >= 11 is 0. The molecule has 0 spiro atoms. The molecule has 0 fully saturated rings. The van der Waals surface area contributed by atoms with Gasteiger partial charge in [-0.25, -0.2) is 0 Å². The molecule has 0 aromatic rings. The fraction of sp³-hybridized carbons (Fsp3) is 0. The number of hydrogen-bond acceptors (Lipinski definition) is 0. The Balaban J connectivity index is 0. The van der Waals surface area contributed by atoms with Crippen LogP contribution in [-0.2, 0) is 56.1 Å². The second-order valence-corrected chi connectivity index (χ2v) is 0. The molecule has 0 aliphatic rings. The van der Waals surface area contributed by atoms with Gasteiger partial charge in [-0.05, 0) is 0 Å². The quantitative estimate of drug-likeness (QED) is 0.380. The van der Waals surface area contributed by atoms with E-state index in [-0.39, 0.29) is 87.1 Å². The summed E-state index contributed by atoms with van der Waals surface area (Å²) < 4.78 is 0. The maximum atomic E-state index is 0. The van der Waals surface area contributed by atoms with Crippen molar-refractivity contribution in [3.05, 3.63) is 0 Å². The summed E-state index contributed by atoms with van der Waals surface area (Å²) in [5, 5.41) is 0. The van der Waals surface area contributed by atoms with Crippen LogP contribution in [0.3, 0.4) is 0 Å². The standard InChI is InChI=1S/Fe.Mn.Na.Ni.O.H/q;;+1;+2;-2;-1. The van der Waals surface area contributed by atoms with E-state index < -0.39 is 0 Å². The second kappa shape index (κ2) is 31.5. The summed E-state index contributed by atoms with van der Waals surface area (Å²) in [7, 11) is 0. The van der Waals surface area contributed by atoms with Crippen LogP contribution in [0.1, 0.15) is 1.43 Å². The van der Waals surface area contributed by atoms with Gasteiger partial charge in [0.2, 0.25) is 0 Å². The van der Waals surface area contributed by atoms with Crippen LogP contribution in [0.5, 0.6) is 0 Å². The van der Waals surface area contributed by atoms with Crippen molar-refractivity contribution in [2.75, 3.05) is 0 Å². The monoisotopic (exact) mass is 209 g/mol. The van der Waals surface area contributed by atoms with Gasteiger partial charge in [-0.3, -0.25) is 0 Å². The Morgan fingerprint density at radius 2 is 1.20 bits per heavy atom. The van der Waals surface area contributed by atoms with Crippen LogP contribution in [0, 0.1) is 0 Å². The van der Waals surface area contributed by atoms with Crippen molar-refractivity contribution in [3.63, 3.8) is 0 Å². The summed E-state index contributed by atoms with van der Waals surface area (Å²) in [5.41, 5.74) is 0. The zero-order valence-corrected chi connectivity index (χ0v) is 7.73. The van der Waals surface area contributed by atoms with E-state index in [0.717, 1.165) is 0 Å². The van der Waals surface area contributed by atoms with Gasteiger partial charge in [-0.1, -0.05) is 0 Å². The maximum Gasteiger partial charge on any atom is 2.00 e. The molecule has 5 heavy (non-hydrogen) atoms. The van der Waals surface area contributed by atoms with Gasteiger partial charge < -0.3 is 6.90 Å². The first kappa shape index (κ1) is 50.8. The average molecular weight is 209 g/mol. The van der Waals surface area contributed by atoms with Crippen LogP contribution in [0.4, 0.5) is 0 Å². The third kappa shape index (κ3) is 21.1. The fourth-order valence-corrected chi connectivity index (χ4v) is 0. The normalized spacial score (nSPS) is 0. The van der Waals surface area contributed by atoms with Gasteiger partial charge in [-0.15, -0.1) is 0 Å². The average Bonchev–Trinajstić information content (AvgIpc) is 0. The molecule has 5 heteroatoms. The molecule has 0 rings (SSSR count). The van der Waals surface area contributed by atoms with Gasteiger partial charge in [0.1, 0.15) is 0 Å². The largest absolute Gasteiger partial charge is 2.00 e. The summed E-state index contributed by atoms with van der Waals surface area (Å²) in [6.45, 7) is 0. The number of hydrogen-bond donors (Lipinski definition) is 0. The first-order valence-electron chi connectivity index (χ1n) is 0. The van der Waals surface area contributed by atoms with E-state index in [1.165, 1.54) is 0 Å². The molecule has 0 heterocycles. The van der Waals surface area contributed by atoms with Crippen molar-refractivity contribution < 1.29 is 87.1 Å². The summed E-state index contributed by atoms with van der Waals surface area (Å²) in [6.07, 6.45) is 0. The molecule has 0 atom stereocenters. The predicted molar refractivity (Wildman–Crippen MR) is 1.80 cm³/mol. The molecule has 1 radical (unpaired) electrons. The molecule has 0 saturated carbocycles. The molecule has 0 N–H and O–H groups in total. The van der Waals surface area contributed by atoms with Gasteiger partial charge in [0, 0.05) is 34.1 Å². The van der Waals surface area contributed by atoms with Crippen LogP contribution < -0.4 is 29.6 Å². The fourth-order valence-electron chi connectivity index (χ4n) is 0. The topological polar surface area (TPSA) is 28.5 Å². The first-order valence-corrected chi connectivity index (χ1v) is 0. The van der Waals surface area contributed by atoms with Gasteiger partial charge in [0.15, 0.2) is 0 Å². The van der Waals surface area contributed by atoms with Crippen LogP contribution in [-0.4, -0.2) is 0 Å². The molecule has 0 aliphatic heterocycles. The summed E-state index contributed by atoms with van der Waals surface area (Å²) in [5.74, 6) is 0. The predicted octanol–water partition coefficient (Wildman–Crippen LogP) is -3.01. The third-order valence-electron chi connectivity index (χ3n) is 0. The van der Waals surface area contributed by atoms with Crippen molar-refractivity contribution in [3.8, 4) is 0 Å². The van der Waals surface area contributed by atoms with Gasteiger partial charge in [0.05, 0.1) is 0 Å². The van der Waals surface area contributed by atoms with Crippen molar-refractivity contribution in [2.45, 2.75) is 0 Å². The first-order chi connectivity index (χ1) is 0. The van der Waals surface area contributed by atoms with E-state index in [2.05, 4.69) is 0 Å². The molecular weight excluding hydrogens is 208 g/mol. The minimum absolute atomic E-state index is 0. The maximum absolute atomic E-state index is 0. The van der Waals surface area contributed by atoms with E-state index in [9.17, 15) is 0 Å². The van der Waals surface area contributed by atoms with Crippen LogP contribution in [0.15, 0.2) is 0 Å². The Hall–Kier alpha value is 2.49. The van der Waals surface area contributed by atoms with Crippen LogP contribution in [0.25, 0.3) is 0 Å². The van der Waals surface area contributed by atoms with E-state index in [0.29, 0.717) is 0 Å². The Kier molecular flexibility index (Phi) is 321. The molecule has 1 nitrogen and oxygen atoms in total. The van der Waals surface area contributed by atoms with E-state index in [1.807, 2.05) is 0 Å². The van der Waals surface area contributed by atoms with Crippen LogP contribution in [0.2, 0.25) is 0 Å². The molecule has 0 aliphatic carbocycles. The molecule has 0 unspecified atom stereocenters. The summed E-state index contributed by atoms with van der Waals surface area (Å²) in [4.78, 5) is 0. The van der Waals surface area contributed by atoms with Gasteiger partial charge in [-0.2, -0.15) is 0 Å². The van der Waals surface area contributed by atoms with Crippen molar-refractivity contribution >= 4 is 0 Å². The van der Waals surface area contributed by atoms with Crippen molar-refractivity contribution in [2.24, 2.45) is 0 Å². The Labute approximate surface area is 86.0 Å². The zero-order chi connectivity index (χ0) is 0. The minimum Gasteiger partial charge on any atom is -2.00 e. The molecule has 0 bridgehead atoms. The third-order valence-corrected chi connectivity index (χ3v) is 0. The van der Waals surface area contributed by atoms with Crippen LogP contribution >= 0.6 is 0 Å². The smallest absolute Gasteiger partial charge is 2.00 e. The van der Waals surface area contributed by atoms with Gasteiger partial charge in [0.25, 0.3) is 0 Å². The summed E-state index contributed by atoms with van der Waals surface area (Å²) in [6, 6.07) is 0. The zero-order valence-electron chi connectivity index (χ0n) is 3.46. The molecule has 33 valence electrons. The minimum atomic E-state index is 0. The van der Waals surface area contributed by atoms with E-state index in [4.69, 9.17) is 0 Å². The molecular formula is HFeMnNaNiO. The number of rotatable bonds is 0. The molecule has 0 aromatic heterocycles. The second-order valence-electron chi connectivity index (χ2n) is 0. The Morgan fingerprint density at radius 3 is 1.20 bits per heavy atom. The van der Waals surface area contributed by atoms with Crippen molar-refractivity contribution in [1.29, 1.82) is 0 Å². The Bertz CT molecular complexity index is 15.5. The Morgan fingerprint density at radius 1 is 1.20 bits per heavy atom.